The van der Waals surface area contributed by atoms with Crippen molar-refractivity contribution in [2.45, 2.75) is 20.3 Å². The molecular formula is C7H14ClNO2S. The highest BCUT2D eigenvalue weighted by molar-refractivity contribution is 7.90. The third-order valence-electron chi connectivity index (χ3n) is 2.41. The van der Waals surface area contributed by atoms with Gasteiger partial charge in [-0.05, 0) is 17.8 Å². The first-order valence-corrected chi connectivity index (χ1v) is 6.09. The van der Waals surface area contributed by atoms with E-state index >= 15 is 0 Å². The van der Waals surface area contributed by atoms with Crippen molar-refractivity contribution in [3.8, 4) is 0 Å². The zero-order valence-electron chi connectivity index (χ0n) is 7.30. The van der Waals surface area contributed by atoms with Gasteiger partial charge in [0.1, 0.15) is 5.21 Å². The molecule has 0 amide bonds. The summed E-state index contributed by atoms with van der Waals surface area (Å²) in [6.45, 7) is 4.79. The molecule has 1 fully saturated rings. The van der Waals surface area contributed by atoms with E-state index in [0.717, 1.165) is 6.42 Å². The predicted molar refractivity (Wildman–Crippen MR) is 49.5 cm³/mol. The van der Waals surface area contributed by atoms with Gasteiger partial charge in [0, 0.05) is 6.54 Å². The summed E-state index contributed by atoms with van der Waals surface area (Å²) < 4.78 is 24.3. The van der Waals surface area contributed by atoms with E-state index in [1.165, 1.54) is 0 Å². The topological polar surface area (TPSA) is 46.2 Å². The van der Waals surface area contributed by atoms with E-state index in [1.54, 1.807) is 0 Å². The molecule has 0 radical (unpaired) electrons. The molecule has 5 heteroatoms. The van der Waals surface area contributed by atoms with Crippen LogP contribution in [0.3, 0.4) is 0 Å². The third-order valence-corrected chi connectivity index (χ3v) is 4.17. The van der Waals surface area contributed by atoms with Crippen LogP contribution in [0.2, 0.25) is 0 Å². The van der Waals surface area contributed by atoms with Crippen molar-refractivity contribution in [3.63, 3.8) is 0 Å². The van der Waals surface area contributed by atoms with Gasteiger partial charge in [0.05, 0.1) is 0 Å². The van der Waals surface area contributed by atoms with Gasteiger partial charge in [-0.2, -0.15) is 0 Å². The molecule has 1 rings (SSSR count). The highest BCUT2D eigenvalue weighted by Crippen LogP contribution is 2.51. The Morgan fingerprint density at radius 1 is 1.58 bits per heavy atom. The molecule has 1 aliphatic rings. The van der Waals surface area contributed by atoms with Crippen LogP contribution in [-0.4, -0.2) is 20.2 Å². The second-order valence-electron chi connectivity index (χ2n) is 3.96. The smallest absolute Gasteiger partial charge is 0.214 e. The number of nitrogens with one attached hydrogen (secondary N) is 1. The SMILES string of the molecule is CC1(C)CC1CNS(=O)(=O)CCl. The van der Waals surface area contributed by atoms with Crippen LogP contribution >= 0.6 is 11.6 Å². The average Bonchev–Trinajstić information content (AvgIpc) is 2.56. The van der Waals surface area contributed by atoms with Gasteiger partial charge in [-0.3, -0.25) is 0 Å². The molecule has 1 N–H and O–H groups in total. The van der Waals surface area contributed by atoms with Crippen LogP contribution in [0.5, 0.6) is 0 Å². The third kappa shape index (κ3) is 2.61. The van der Waals surface area contributed by atoms with Crippen LogP contribution in [0, 0.1) is 11.3 Å². The predicted octanol–water partition coefficient (Wildman–Crippen LogP) is 1.15. The molecule has 0 aromatic rings. The maximum atomic E-state index is 10.9. The van der Waals surface area contributed by atoms with Gasteiger partial charge in [-0.1, -0.05) is 13.8 Å². The minimum atomic E-state index is -3.21. The Balaban J connectivity index is 2.29. The van der Waals surface area contributed by atoms with E-state index in [1.807, 2.05) is 0 Å². The summed E-state index contributed by atoms with van der Waals surface area (Å²) in [4.78, 5) is 0. The van der Waals surface area contributed by atoms with E-state index < -0.39 is 10.0 Å². The zero-order valence-corrected chi connectivity index (χ0v) is 8.87. The molecule has 0 aromatic carbocycles. The van der Waals surface area contributed by atoms with Gasteiger partial charge < -0.3 is 0 Å². The van der Waals surface area contributed by atoms with Gasteiger partial charge in [0.15, 0.2) is 0 Å². The molecule has 12 heavy (non-hydrogen) atoms. The molecule has 1 saturated carbocycles. The van der Waals surface area contributed by atoms with Gasteiger partial charge in [0.25, 0.3) is 0 Å². The fourth-order valence-electron chi connectivity index (χ4n) is 1.19. The summed E-state index contributed by atoms with van der Waals surface area (Å²) >= 11 is 5.22. The molecule has 0 heterocycles. The van der Waals surface area contributed by atoms with Crippen LogP contribution in [0.1, 0.15) is 20.3 Å². The molecule has 0 saturated heterocycles. The first-order chi connectivity index (χ1) is 5.37. The molecule has 72 valence electrons. The quantitative estimate of drug-likeness (QED) is 0.710. The van der Waals surface area contributed by atoms with E-state index in [0.29, 0.717) is 17.9 Å². The van der Waals surface area contributed by atoms with Crippen LogP contribution in [0.4, 0.5) is 0 Å². The first-order valence-electron chi connectivity index (χ1n) is 3.91. The van der Waals surface area contributed by atoms with Crippen LogP contribution in [-0.2, 0) is 10.0 Å². The highest BCUT2D eigenvalue weighted by Gasteiger charge is 2.45. The van der Waals surface area contributed by atoms with Gasteiger partial charge >= 0.3 is 0 Å². The number of alkyl halides is 1. The fourth-order valence-corrected chi connectivity index (χ4v) is 1.95. The van der Waals surface area contributed by atoms with Gasteiger partial charge in [-0.15, -0.1) is 11.6 Å². The van der Waals surface area contributed by atoms with E-state index in [-0.39, 0.29) is 5.21 Å². The Bertz CT molecular complexity index is 261. The Kier molecular flexibility index (Phi) is 2.71. The lowest BCUT2D eigenvalue weighted by molar-refractivity contribution is 0.539. The second-order valence-corrected chi connectivity index (χ2v) is 6.35. The number of hydrogen-bond acceptors (Lipinski definition) is 2. The molecule has 1 atom stereocenters. The van der Waals surface area contributed by atoms with E-state index in [4.69, 9.17) is 11.6 Å². The molecule has 0 aliphatic heterocycles. The van der Waals surface area contributed by atoms with Crippen molar-refractivity contribution in [1.29, 1.82) is 0 Å². The lowest BCUT2D eigenvalue weighted by Crippen LogP contribution is -2.27. The summed E-state index contributed by atoms with van der Waals surface area (Å²) in [5.74, 6) is 0.482. The Hall–Kier alpha value is 0.200. The largest absolute Gasteiger partial charge is 0.225 e. The Morgan fingerprint density at radius 3 is 2.42 bits per heavy atom. The maximum Gasteiger partial charge on any atom is 0.225 e. The molecule has 0 bridgehead atoms. The Morgan fingerprint density at radius 2 is 2.08 bits per heavy atom. The highest BCUT2D eigenvalue weighted by atomic mass is 35.5. The van der Waals surface area contributed by atoms with E-state index in [2.05, 4.69) is 18.6 Å². The maximum absolute atomic E-state index is 10.9. The van der Waals surface area contributed by atoms with Crippen molar-refractivity contribution in [3.05, 3.63) is 0 Å². The van der Waals surface area contributed by atoms with Crippen LogP contribution in [0.15, 0.2) is 0 Å². The summed E-state index contributed by atoms with van der Waals surface area (Å²) in [6, 6.07) is 0. The summed E-state index contributed by atoms with van der Waals surface area (Å²) in [5, 5.41) is -0.347. The molecular weight excluding hydrogens is 198 g/mol. The molecule has 0 aromatic heterocycles. The van der Waals surface area contributed by atoms with Gasteiger partial charge in [-0.25, -0.2) is 13.1 Å². The lowest BCUT2D eigenvalue weighted by atomic mass is 10.1. The number of hydrogen-bond donors (Lipinski definition) is 1. The molecule has 1 unspecified atom stereocenters. The number of sulfonamides is 1. The lowest BCUT2D eigenvalue weighted by Gasteiger charge is -2.04. The second kappa shape index (κ2) is 3.16. The summed E-state index contributed by atoms with van der Waals surface area (Å²) in [6.07, 6.45) is 1.10. The normalized spacial score (nSPS) is 27.1. The average molecular weight is 212 g/mol. The number of halogens is 1. The monoisotopic (exact) mass is 211 g/mol. The summed E-state index contributed by atoms with van der Waals surface area (Å²) in [5.41, 5.74) is 0.314. The van der Waals surface area contributed by atoms with Crippen molar-refractivity contribution in [2.75, 3.05) is 11.8 Å². The standard InChI is InChI=1S/C7H14ClNO2S/c1-7(2)3-6(7)4-9-12(10,11)5-8/h6,9H,3-5H2,1-2H3. The fraction of sp³-hybridized carbons (Fsp3) is 1.00. The molecule has 0 spiro atoms. The van der Waals surface area contributed by atoms with Crippen molar-refractivity contribution in [1.82, 2.24) is 4.72 Å². The van der Waals surface area contributed by atoms with Crippen molar-refractivity contribution < 1.29 is 8.42 Å². The van der Waals surface area contributed by atoms with Crippen molar-refractivity contribution >= 4 is 21.6 Å². The van der Waals surface area contributed by atoms with Gasteiger partial charge in [0.2, 0.25) is 10.0 Å². The minimum absolute atomic E-state index is 0.314. The number of rotatable bonds is 4. The first kappa shape index (κ1) is 10.3. The van der Waals surface area contributed by atoms with E-state index in [9.17, 15) is 8.42 Å². The van der Waals surface area contributed by atoms with Crippen LogP contribution in [0.25, 0.3) is 0 Å². The zero-order chi connectivity index (χ0) is 9.41. The van der Waals surface area contributed by atoms with Crippen LogP contribution < -0.4 is 4.72 Å². The Labute approximate surface area is 78.5 Å². The summed E-state index contributed by atoms with van der Waals surface area (Å²) in [7, 11) is -3.21. The molecule has 3 nitrogen and oxygen atoms in total. The minimum Gasteiger partial charge on any atom is -0.214 e. The van der Waals surface area contributed by atoms with Crippen molar-refractivity contribution in [2.24, 2.45) is 11.3 Å². The molecule has 1 aliphatic carbocycles.